The van der Waals surface area contributed by atoms with Crippen LogP contribution in [0.5, 0.6) is 0 Å². The number of amides is 1. The van der Waals surface area contributed by atoms with Crippen molar-refractivity contribution in [2.45, 2.75) is 31.4 Å². The molecule has 1 aromatic heterocycles. The number of aromatic nitrogens is 2. The van der Waals surface area contributed by atoms with E-state index in [1.165, 1.54) is 0 Å². The molecule has 0 saturated carbocycles. The summed E-state index contributed by atoms with van der Waals surface area (Å²) < 4.78 is 72.5. The number of hydrogen-bond acceptors (Lipinski definition) is 3. The summed E-state index contributed by atoms with van der Waals surface area (Å²) in [6.45, 7) is -0.486. The van der Waals surface area contributed by atoms with Crippen molar-refractivity contribution in [1.29, 1.82) is 0 Å². The van der Waals surface area contributed by atoms with Gasteiger partial charge in [0, 0.05) is 0 Å². The Morgan fingerprint density at radius 2 is 1.95 bits per heavy atom. The molecule has 0 spiro atoms. The summed E-state index contributed by atoms with van der Waals surface area (Å²) in [6, 6.07) is -1.83. The average molecular weight is 304 g/mol. The Balaban J connectivity index is 2.51. The number of carbonyl (C=O) groups excluding carboxylic acids is 1. The van der Waals surface area contributed by atoms with Gasteiger partial charge in [-0.05, 0) is 0 Å². The van der Waals surface area contributed by atoms with Crippen molar-refractivity contribution in [3.63, 3.8) is 0 Å². The third-order valence-electron chi connectivity index (χ3n) is 2.15. The van der Waals surface area contributed by atoms with Crippen LogP contribution in [0.1, 0.15) is 17.9 Å². The molecule has 1 atom stereocenters. The second-order valence-electron chi connectivity index (χ2n) is 3.88. The smallest absolute Gasteiger partial charge is 0.348 e. The molecule has 0 aromatic carbocycles. The summed E-state index contributed by atoms with van der Waals surface area (Å²) in [5.74, 6) is -1.38. The molecule has 5 nitrogen and oxygen atoms in total. The van der Waals surface area contributed by atoms with Gasteiger partial charge in [0.05, 0.1) is 25.2 Å². The average Bonchev–Trinajstić information content (AvgIpc) is 2.71. The van der Waals surface area contributed by atoms with Crippen LogP contribution < -0.4 is 11.1 Å². The van der Waals surface area contributed by atoms with Crippen molar-refractivity contribution in [3.8, 4) is 0 Å². The van der Waals surface area contributed by atoms with Crippen LogP contribution in [0, 0.1) is 0 Å². The molecule has 0 fully saturated rings. The molecule has 1 rings (SSSR count). The molecular weight excluding hydrogens is 294 g/mol. The van der Waals surface area contributed by atoms with E-state index in [1.807, 2.05) is 10.3 Å². The molecule has 0 saturated heterocycles. The van der Waals surface area contributed by atoms with Crippen LogP contribution in [0.3, 0.4) is 0 Å². The lowest BCUT2D eigenvalue weighted by Crippen LogP contribution is -2.43. The fourth-order valence-corrected chi connectivity index (χ4v) is 1.24. The molecule has 0 aliphatic carbocycles. The highest BCUT2D eigenvalue weighted by atomic mass is 19.4. The molecule has 1 heterocycles. The van der Waals surface area contributed by atoms with Gasteiger partial charge in [0.15, 0.2) is 0 Å². The summed E-state index contributed by atoms with van der Waals surface area (Å²) in [6.07, 6.45) is -10.2. The standard InChI is InChI=1S/C9H10F6N4O/c10-8(11,12)1-4(16)7(20)18-3-6-17-2-5(19-6)9(13,14)15/h2,4H,1,3,16H2,(H,17,19)(H,18,20). The molecule has 0 radical (unpaired) electrons. The zero-order valence-electron chi connectivity index (χ0n) is 9.77. The molecule has 11 heteroatoms. The Kier molecular flexibility index (Phi) is 4.63. The number of alkyl halides is 6. The first-order chi connectivity index (χ1) is 8.99. The predicted octanol–water partition coefficient (Wildman–Crippen LogP) is 1.32. The van der Waals surface area contributed by atoms with Gasteiger partial charge >= 0.3 is 12.4 Å². The monoisotopic (exact) mass is 304 g/mol. The Hall–Kier alpha value is -1.78. The first-order valence-corrected chi connectivity index (χ1v) is 5.20. The summed E-state index contributed by atoms with van der Waals surface area (Å²) in [5, 5.41) is 1.96. The quantitative estimate of drug-likeness (QED) is 0.734. The topological polar surface area (TPSA) is 83.8 Å². The Labute approximate surface area is 108 Å². The maximum atomic E-state index is 12.2. The number of rotatable bonds is 4. The summed E-state index contributed by atoms with van der Waals surface area (Å²) >= 11 is 0. The van der Waals surface area contributed by atoms with Gasteiger partial charge in [0.1, 0.15) is 11.5 Å². The number of hydrogen-bond donors (Lipinski definition) is 3. The lowest BCUT2D eigenvalue weighted by Gasteiger charge is -2.13. The summed E-state index contributed by atoms with van der Waals surface area (Å²) in [4.78, 5) is 16.4. The van der Waals surface area contributed by atoms with Crippen molar-refractivity contribution < 1.29 is 31.1 Å². The van der Waals surface area contributed by atoms with Crippen LogP contribution in [0.25, 0.3) is 0 Å². The van der Waals surface area contributed by atoms with Gasteiger partial charge in [-0.3, -0.25) is 4.79 Å². The molecular formula is C9H10F6N4O. The highest BCUT2D eigenvalue weighted by molar-refractivity contribution is 5.81. The maximum Gasteiger partial charge on any atom is 0.432 e. The Morgan fingerprint density at radius 1 is 1.35 bits per heavy atom. The SMILES string of the molecule is NC(CC(F)(F)F)C(=O)NCc1ncc(C(F)(F)F)[nH]1. The lowest BCUT2D eigenvalue weighted by molar-refractivity contribution is -0.147. The van der Waals surface area contributed by atoms with E-state index in [9.17, 15) is 31.1 Å². The van der Waals surface area contributed by atoms with E-state index in [0.717, 1.165) is 0 Å². The minimum absolute atomic E-state index is 0.245. The molecule has 4 N–H and O–H groups in total. The van der Waals surface area contributed by atoms with Crippen LogP contribution >= 0.6 is 0 Å². The third-order valence-corrected chi connectivity index (χ3v) is 2.15. The van der Waals surface area contributed by atoms with Crippen molar-refractivity contribution in [2.24, 2.45) is 5.73 Å². The molecule has 0 aliphatic rings. The molecule has 20 heavy (non-hydrogen) atoms. The zero-order chi connectivity index (χ0) is 15.6. The molecule has 0 bridgehead atoms. The minimum atomic E-state index is -4.62. The van der Waals surface area contributed by atoms with Crippen molar-refractivity contribution in [3.05, 3.63) is 17.7 Å². The Bertz CT molecular complexity index is 466. The number of nitrogens with two attached hydrogens (primary N) is 1. The number of aromatic amines is 1. The van der Waals surface area contributed by atoms with E-state index in [1.54, 1.807) is 0 Å². The second kappa shape index (κ2) is 5.69. The molecule has 1 aromatic rings. The van der Waals surface area contributed by atoms with E-state index in [2.05, 4.69) is 4.98 Å². The molecule has 1 amide bonds. The number of nitrogens with one attached hydrogen (secondary N) is 2. The predicted molar refractivity (Wildman–Crippen MR) is 54.1 cm³/mol. The van der Waals surface area contributed by atoms with Crippen LogP contribution in [0.4, 0.5) is 26.3 Å². The summed E-state index contributed by atoms with van der Waals surface area (Å²) in [7, 11) is 0. The first-order valence-electron chi connectivity index (χ1n) is 5.20. The zero-order valence-corrected chi connectivity index (χ0v) is 9.77. The number of H-pyrrole nitrogens is 1. The van der Waals surface area contributed by atoms with Gasteiger partial charge in [0.25, 0.3) is 0 Å². The number of imidazole rings is 1. The lowest BCUT2D eigenvalue weighted by atomic mass is 10.2. The van der Waals surface area contributed by atoms with Gasteiger partial charge in [-0.15, -0.1) is 0 Å². The highest BCUT2D eigenvalue weighted by Gasteiger charge is 2.34. The fraction of sp³-hybridized carbons (Fsp3) is 0.556. The van der Waals surface area contributed by atoms with Crippen LogP contribution in [0.15, 0.2) is 6.20 Å². The van der Waals surface area contributed by atoms with Gasteiger partial charge < -0.3 is 16.0 Å². The van der Waals surface area contributed by atoms with Crippen molar-refractivity contribution >= 4 is 5.91 Å². The number of carbonyl (C=O) groups is 1. The first kappa shape index (κ1) is 16.3. The highest BCUT2D eigenvalue weighted by Crippen LogP contribution is 2.27. The largest absolute Gasteiger partial charge is 0.432 e. The molecule has 114 valence electrons. The maximum absolute atomic E-state index is 12.2. The summed E-state index contributed by atoms with van der Waals surface area (Å²) in [5.41, 5.74) is 3.88. The van der Waals surface area contributed by atoms with E-state index >= 15 is 0 Å². The van der Waals surface area contributed by atoms with E-state index in [4.69, 9.17) is 5.73 Å². The molecule has 1 unspecified atom stereocenters. The molecule has 0 aliphatic heterocycles. The van der Waals surface area contributed by atoms with Gasteiger partial charge in [-0.2, -0.15) is 26.3 Å². The number of halogens is 6. The van der Waals surface area contributed by atoms with Crippen molar-refractivity contribution in [2.75, 3.05) is 0 Å². The fourth-order valence-electron chi connectivity index (χ4n) is 1.24. The van der Waals surface area contributed by atoms with Crippen LogP contribution in [0.2, 0.25) is 0 Å². The van der Waals surface area contributed by atoms with Crippen LogP contribution in [-0.4, -0.2) is 28.1 Å². The minimum Gasteiger partial charge on any atom is -0.348 e. The van der Waals surface area contributed by atoms with Gasteiger partial charge in [-0.1, -0.05) is 0 Å². The van der Waals surface area contributed by atoms with E-state index < -0.39 is 43.0 Å². The normalized spacial score (nSPS) is 14.2. The second-order valence-corrected chi connectivity index (χ2v) is 3.88. The van der Waals surface area contributed by atoms with Crippen molar-refractivity contribution in [1.82, 2.24) is 15.3 Å². The third kappa shape index (κ3) is 5.07. The number of nitrogens with zero attached hydrogens (tertiary/aromatic N) is 1. The van der Waals surface area contributed by atoms with E-state index in [-0.39, 0.29) is 5.82 Å². The van der Waals surface area contributed by atoms with Crippen LogP contribution in [-0.2, 0) is 17.5 Å². The van der Waals surface area contributed by atoms with Gasteiger partial charge in [-0.25, -0.2) is 4.98 Å². The van der Waals surface area contributed by atoms with Gasteiger partial charge in [0.2, 0.25) is 5.91 Å². The van der Waals surface area contributed by atoms with E-state index in [0.29, 0.717) is 6.20 Å². The Morgan fingerprint density at radius 3 is 2.40 bits per heavy atom.